The van der Waals surface area contributed by atoms with E-state index in [4.69, 9.17) is 4.74 Å². The number of carbonyl (C=O) groups excluding carboxylic acids is 1. The molecule has 164 valence electrons. The zero-order valence-electron chi connectivity index (χ0n) is 18.5. The summed E-state index contributed by atoms with van der Waals surface area (Å²) in [5.41, 5.74) is 4.92. The fraction of sp³-hybridized carbons (Fsp3) is 0.143. The molecule has 0 atom stereocenters. The van der Waals surface area contributed by atoms with Crippen LogP contribution in [0, 0.1) is 0 Å². The molecular weight excluding hydrogens is 410 g/mol. The Morgan fingerprint density at radius 1 is 0.970 bits per heavy atom. The summed E-state index contributed by atoms with van der Waals surface area (Å²) in [6.07, 6.45) is 5.59. The third-order valence-corrected chi connectivity index (χ3v) is 5.85. The van der Waals surface area contributed by atoms with Crippen LogP contribution in [0.2, 0.25) is 0 Å². The van der Waals surface area contributed by atoms with E-state index >= 15 is 0 Å². The highest BCUT2D eigenvalue weighted by Gasteiger charge is 2.24. The van der Waals surface area contributed by atoms with Gasteiger partial charge < -0.3 is 14.2 Å². The molecule has 0 saturated heterocycles. The second-order valence-corrected chi connectivity index (χ2v) is 8.18. The van der Waals surface area contributed by atoms with Crippen LogP contribution in [0.5, 0.6) is 5.75 Å². The lowest BCUT2D eigenvalue weighted by atomic mass is 10.0. The number of hydrogen-bond donors (Lipinski definition) is 0. The molecule has 5 heteroatoms. The average molecular weight is 436 g/mol. The fourth-order valence-corrected chi connectivity index (χ4v) is 4.06. The summed E-state index contributed by atoms with van der Waals surface area (Å²) in [4.78, 5) is 19.9. The highest BCUT2D eigenvalue weighted by atomic mass is 16.5. The van der Waals surface area contributed by atoms with Gasteiger partial charge in [0.2, 0.25) is 0 Å². The zero-order chi connectivity index (χ0) is 22.6. The van der Waals surface area contributed by atoms with Crippen molar-refractivity contribution < 1.29 is 9.53 Å². The third kappa shape index (κ3) is 4.58. The van der Waals surface area contributed by atoms with Crippen LogP contribution in [0.1, 0.15) is 17.0 Å². The monoisotopic (exact) mass is 435 g/mol. The number of benzene rings is 3. The number of amides is 1. The molecule has 5 rings (SSSR count). The van der Waals surface area contributed by atoms with E-state index in [0.29, 0.717) is 18.7 Å². The van der Waals surface area contributed by atoms with Crippen molar-refractivity contribution in [3.05, 3.63) is 114 Å². The van der Waals surface area contributed by atoms with Gasteiger partial charge in [0.15, 0.2) is 0 Å². The van der Waals surface area contributed by atoms with Crippen molar-refractivity contribution in [2.75, 3.05) is 6.61 Å². The number of carbonyl (C=O) groups is 1. The van der Waals surface area contributed by atoms with Crippen molar-refractivity contribution in [3.63, 3.8) is 0 Å². The minimum absolute atomic E-state index is 0.0439. The number of nitrogens with zero attached hydrogens (tertiary/aromatic N) is 3. The van der Waals surface area contributed by atoms with Crippen LogP contribution in [0.25, 0.3) is 17.2 Å². The second kappa shape index (κ2) is 9.17. The van der Waals surface area contributed by atoms with Crippen molar-refractivity contribution in [1.29, 1.82) is 0 Å². The molecule has 1 aliphatic heterocycles. The Labute approximate surface area is 193 Å². The number of para-hydroxylation sites is 1. The van der Waals surface area contributed by atoms with Gasteiger partial charge in [-0.1, -0.05) is 66.7 Å². The quantitative estimate of drug-likeness (QED) is 0.424. The molecular formula is C28H25N3O2. The molecule has 5 nitrogen and oxygen atoms in total. The molecule has 2 heterocycles. The molecule has 0 saturated carbocycles. The van der Waals surface area contributed by atoms with E-state index in [-0.39, 0.29) is 12.5 Å². The van der Waals surface area contributed by atoms with Crippen molar-refractivity contribution in [2.45, 2.75) is 13.1 Å². The lowest BCUT2D eigenvalue weighted by molar-refractivity contribution is -0.128. The molecule has 0 bridgehead atoms. The zero-order valence-corrected chi connectivity index (χ0v) is 18.5. The molecule has 3 aromatic carbocycles. The predicted molar refractivity (Wildman–Crippen MR) is 129 cm³/mol. The van der Waals surface area contributed by atoms with Gasteiger partial charge in [0, 0.05) is 31.5 Å². The maximum atomic E-state index is 13.6. The first-order valence-electron chi connectivity index (χ1n) is 11.0. The summed E-state index contributed by atoms with van der Waals surface area (Å²) >= 11 is 0. The predicted octanol–water partition coefficient (Wildman–Crippen LogP) is 5.09. The van der Waals surface area contributed by atoms with Crippen molar-refractivity contribution in [1.82, 2.24) is 14.5 Å². The van der Waals surface area contributed by atoms with Crippen LogP contribution >= 0.6 is 0 Å². The van der Waals surface area contributed by atoms with Gasteiger partial charge in [-0.25, -0.2) is 4.98 Å². The van der Waals surface area contributed by atoms with Gasteiger partial charge >= 0.3 is 0 Å². The van der Waals surface area contributed by atoms with E-state index in [1.165, 1.54) is 0 Å². The molecule has 33 heavy (non-hydrogen) atoms. The Bertz CT molecular complexity index is 1310. The number of hydrogen-bond acceptors (Lipinski definition) is 3. The Balaban J connectivity index is 1.45. The Kier molecular flexibility index (Phi) is 5.77. The van der Waals surface area contributed by atoms with E-state index in [1.54, 1.807) is 6.20 Å². The first-order chi connectivity index (χ1) is 16.2. The average Bonchev–Trinajstić information content (AvgIpc) is 3.27. The van der Waals surface area contributed by atoms with E-state index in [0.717, 1.165) is 33.8 Å². The highest BCUT2D eigenvalue weighted by molar-refractivity contribution is 5.99. The number of ether oxygens (including phenoxy) is 1. The van der Waals surface area contributed by atoms with Crippen molar-refractivity contribution in [2.24, 2.45) is 7.05 Å². The molecule has 0 spiro atoms. The number of aryl methyl sites for hydroxylation is 1. The summed E-state index contributed by atoms with van der Waals surface area (Å²) in [6, 6.07) is 26.4. The van der Waals surface area contributed by atoms with Gasteiger partial charge in [0.1, 0.15) is 18.2 Å². The molecule has 1 amide bonds. The van der Waals surface area contributed by atoms with Crippen molar-refractivity contribution >= 4 is 12.0 Å². The lowest BCUT2D eigenvalue weighted by Gasteiger charge is -2.26. The Morgan fingerprint density at radius 2 is 1.76 bits per heavy atom. The van der Waals surface area contributed by atoms with Gasteiger partial charge in [-0.05, 0) is 34.9 Å². The Hall–Kier alpha value is -4.12. The molecule has 1 aromatic heterocycles. The first-order valence-corrected chi connectivity index (χ1v) is 11.0. The van der Waals surface area contributed by atoms with E-state index in [1.807, 2.05) is 77.3 Å². The smallest absolute Gasteiger partial charge is 0.253 e. The van der Waals surface area contributed by atoms with Gasteiger partial charge in [-0.15, -0.1) is 0 Å². The van der Waals surface area contributed by atoms with Crippen LogP contribution < -0.4 is 4.74 Å². The number of imidazole rings is 1. The van der Waals surface area contributed by atoms with Crippen LogP contribution in [0.4, 0.5) is 0 Å². The standard InChI is InChI=1S/C28H25N3O2/c1-30-15-14-29-27(30)19-31(28(32)25-17-24-11-5-6-13-26(24)33-20-25)18-21-8-7-12-23(16-21)22-9-3-2-4-10-22/h2-17H,18-20H2,1H3. The van der Waals surface area contributed by atoms with Crippen LogP contribution in [-0.4, -0.2) is 27.0 Å². The molecule has 4 aromatic rings. The summed E-state index contributed by atoms with van der Waals surface area (Å²) < 4.78 is 7.80. The molecule has 0 radical (unpaired) electrons. The first kappa shape index (κ1) is 20.8. The Morgan fingerprint density at radius 3 is 2.58 bits per heavy atom. The SMILES string of the molecule is Cn1ccnc1CN(Cc1cccc(-c2ccccc2)c1)C(=O)C1=Cc2ccccc2OC1. The largest absolute Gasteiger partial charge is 0.488 e. The van der Waals surface area contributed by atoms with Gasteiger partial charge in [0.05, 0.1) is 12.1 Å². The molecule has 0 N–H and O–H groups in total. The number of aromatic nitrogens is 2. The van der Waals surface area contributed by atoms with E-state index in [9.17, 15) is 4.79 Å². The maximum Gasteiger partial charge on any atom is 0.253 e. The lowest BCUT2D eigenvalue weighted by Crippen LogP contribution is -2.34. The topological polar surface area (TPSA) is 47.4 Å². The number of fused-ring (bicyclic) bond motifs is 1. The van der Waals surface area contributed by atoms with Gasteiger partial charge in [-0.3, -0.25) is 4.79 Å². The maximum absolute atomic E-state index is 13.6. The third-order valence-electron chi connectivity index (χ3n) is 5.85. The molecule has 0 fully saturated rings. The summed E-state index contributed by atoms with van der Waals surface area (Å²) in [6.45, 7) is 1.15. The highest BCUT2D eigenvalue weighted by Crippen LogP contribution is 2.27. The van der Waals surface area contributed by atoms with Crippen LogP contribution in [0.15, 0.2) is 96.8 Å². The molecule has 1 aliphatic rings. The summed E-state index contributed by atoms with van der Waals surface area (Å²) in [5.74, 6) is 1.60. The molecule has 0 unspecified atom stereocenters. The normalized spacial score (nSPS) is 12.5. The van der Waals surface area contributed by atoms with Crippen LogP contribution in [-0.2, 0) is 24.9 Å². The van der Waals surface area contributed by atoms with Gasteiger partial charge in [-0.2, -0.15) is 0 Å². The number of rotatable bonds is 6. The minimum atomic E-state index is -0.0439. The summed E-state index contributed by atoms with van der Waals surface area (Å²) in [7, 11) is 1.94. The van der Waals surface area contributed by atoms with Crippen LogP contribution in [0.3, 0.4) is 0 Å². The van der Waals surface area contributed by atoms with Gasteiger partial charge in [0.25, 0.3) is 5.91 Å². The fourth-order valence-electron chi connectivity index (χ4n) is 4.06. The van der Waals surface area contributed by atoms with Crippen molar-refractivity contribution in [3.8, 4) is 16.9 Å². The second-order valence-electron chi connectivity index (χ2n) is 8.18. The van der Waals surface area contributed by atoms with E-state index < -0.39 is 0 Å². The molecule has 0 aliphatic carbocycles. The summed E-state index contributed by atoms with van der Waals surface area (Å²) in [5, 5.41) is 0. The van der Waals surface area contributed by atoms with E-state index in [2.05, 4.69) is 35.3 Å². The minimum Gasteiger partial charge on any atom is -0.488 e.